The number of benzene rings is 1. The second-order valence-electron chi connectivity index (χ2n) is 3.72. The standard InChI is InChI=1S/C12H14N4O/c1-2-11(10-6-4-3-5-7-10)12(17)15-16-8-13-14-9-16/h3-9,11H,2H2,1H3,(H,15,17). The van der Waals surface area contributed by atoms with Crippen LogP contribution >= 0.6 is 0 Å². The van der Waals surface area contributed by atoms with E-state index in [2.05, 4.69) is 15.6 Å². The van der Waals surface area contributed by atoms with Gasteiger partial charge in [0.2, 0.25) is 5.91 Å². The van der Waals surface area contributed by atoms with Crippen LogP contribution in [0.1, 0.15) is 24.8 Å². The summed E-state index contributed by atoms with van der Waals surface area (Å²) in [7, 11) is 0. The predicted octanol–water partition coefficient (Wildman–Crippen LogP) is 1.54. The first kappa shape index (κ1) is 11.3. The molecule has 0 aliphatic heterocycles. The molecule has 1 atom stereocenters. The maximum Gasteiger partial charge on any atom is 0.246 e. The molecule has 0 saturated heterocycles. The summed E-state index contributed by atoms with van der Waals surface area (Å²) in [6, 6.07) is 9.72. The summed E-state index contributed by atoms with van der Waals surface area (Å²) in [5.74, 6) is -0.211. The zero-order valence-corrected chi connectivity index (χ0v) is 9.58. The van der Waals surface area contributed by atoms with Crippen molar-refractivity contribution in [2.75, 3.05) is 5.43 Å². The lowest BCUT2D eigenvalue weighted by Crippen LogP contribution is -2.27. The number of hydrogen-bond acceptors (Lipinski definition) is 3. The number of carbonyl (C=O) groups is 1. The minimum absolute atomic E-state index is 0.0569. The van der Waals surface area contributed by atoms with Crippen molar-refractivity contribution in [2.24, 2.45) is 0 Å². The first-order valence-electron chi connectivity index (χ1n) is 5.51. The van der Waals surface area contributed by atoms with Gasteiger partial charge >= 0.3 is 0 Å². The van der Waals surface area contributed by atoms with Crippen molar-refractivity contribution in [2.45, 2.75) is 19.3 Å². The zero-order chi connectivity index (χ0) is 12.1. The van der Waals surface area contributed by atoms with Crippen LogP contribution in [0.2, 0.25) is 0 Å². The maximum absolute atomic E-state index is 12.1. The van der Waals surface area contributed by atoms with Crippen LogP contribution in [-0.4, -0.2) is 20.8 Å². The van der Waals surface area contributed by atoms with E-state index in [4.69, 9.17) is 0 Å². The molecule has 0 spiro atoms. The smallest absolute Gasteiger partial charge is 0.246 e. The second kappa shape index (κ2) is 5.25. The number of nitrogens with zero attached hydrogens (tertiary/aromatic N) is 3. The average molecular weight is 230 g/mol. The Labute approximate surface area is 99.5 Å². The van der Waals surface area contributed by atoms with Crippen molar-refractivity contribution in [3.05, 3.63) is 48.5 Å². The Bertz CT molecular complexity index is 467. The van der Waals surface area contributed by atoms with Crippen molar-refractivity contribution in [1.29, 1.82) is 0 Å². The molecule has 5 nitrogen and oxygen atoms in total. The molecule has 0 bridgehead atoms. The summed E-state index contributed by atoms with van der Waals surface area (Å²) >= 11 is 0. The minimum atomic E-state index is -0.154. The van der Waals surface area contributed by atoms with Crippen LogP contribution in [0.3, 0.4) is 0 Å². The molecular formula is C12H14N4O. The molecule has 2 aromatic rings. The van der Waals surface area contributed by atoms with E-state index in [1.807, 2.05) is 37.3 Å². The van der Waals surface area contributed by atoms with Gasteiger partial charge in [0.15, 0.2) is 0 Å². The number of rotatable bonds is 4. The Balaban J connectivity index is 2.11. The highest BCUT2D eigenvalue weighted by Gasteiger charge is 2.18. The average Bonchev–Trinajstić information content (AvgIpc) is 2.84. The minimum Gasteiger partial charge on any atom is -0.273 e. The Morgan fingerprint density at radius 2 is 1.94 bits per heavy atom. The Morgan fingerprint density at radius 1 is 1.29 bits per heavy atom. The van der Waals surface area contributed by atoms with Crippen molar-refractivity contribution >= 4 is 5.91 Å². The van der Waals surface area contributed by atoms with Gasteiger partial charge in [-0.3, -0.25) is 10.2 Å². The fraction of sp³-hybridized carbons (Fsp3) is 0.250. The number of aromatic nitrogens is 3. The van der Waals surface area contributed by atoms with Crippen LogP contribution < -0.4 is 5.43 Å². The van der Waals surface area contributed by atoms with Crippen LogP contribution in [0, 0.1) is 0 Å². The highest BCUT2D eigenvalue weighted by molar-refractivity contribution is 5.90. The third kappa shape index (κ3) is 2.69. The third-order valence-corrected chi connectivity index (χ3v) is 2.58. The molecule has 0 aliphatic rings. The normalized spacial score (nSPS) is 12.1. The number of nitrogens with one attached hydrogen (secondary N) is 1. The first-order valence-corrected chi connectivity index (χ1v) is 5.51. The number of carbonyl (C=O) groups excluding carboxylic acids is 1. The molecule has 0 saturated carbocycles. The van der Waals surface area contributed by atoms with E-state index in [9.17, 15) is 4.79 Å². The fourth-order valence-corrected chi connectivity index (χ4v) is 1.72. The molecule has 17 heavy (non-hydrogen) atoms. The highest BCUT2D eigenvalue weighted by Crippen LogP contribution is 2.19. The van der Waals surface area contributed by atoms with Crippen molar-refractivity contribution in [3.8, 4) is 0 Å². The van der Waals surface area contributed by atoms with Gasteiger partial charge in [-0.1, -0.05) is 37.3 Å². The van der Waals surface area contributed by atoms with Crippen molar-refractivity contribution < 1.29 is 4.79 Å². The summed E-state index contributed by atoms with van der Waals surface area (Å²) in [5, 5.41) is 7.26. The van der Waals surface area contributed by atoms with E-state index in [1.54, 1.807) is 0 Å². The molecule has 5 heteroatoms. The van der Waals surface area contributed by atoms with Crippen LogP contribution in [0.25, 0.3) is 0 Å². The van der Waals surface area contributed by atoms with Gasteiger partial charge in [-0.05, 0) is 12.0 Å². The molecule has 1 heterocycles. The topological polar surface area (TPSA) is 59.8 Å². The number of amides is 1. The van der Waals surface area contributed by atoms with Gasteiger partial charge in [-0.25, -0.2) is 4.68 Å². The van der Waals surface area contributed by atoms with E-state index >= 15 is 0 Å². The lowest BCUT2D eigenvalue weighted by molar-refractivity contribution is -0.118. The van der Waals surface area contributed by atoms with Crippen LogP contribution in [0.5, 0.6) is 0 Å². The summed E-state index contributed by atoms with van der Waals surface area (Å²) in [6.45, 7) is 1.99. The van der Waals surface area contributed by atoms with Gasteiger partial charge in [-0.15, -0.1) is 10.2 Å². The van der Waals surface area contributed by atoms with Crippen LogP contribution in [0.15, 0.2) is 43.0 Å². The molecule has 1 N–H and O–H groups in total. The van der Waals surface area contributed by atoms with Gasteiger partial charge in [-0.2, -0.15) is 0 Å². The molecule has 0 fully saturated rings. The Morgan fingerprint density at radius 3 is 2.53 bits per heavy atom. The quantitative estimate of drug-likeness (QED) is 0.866. The van der Waals surface area contributed by atoms with E-state index in [0.717, 1.165) is 12.0 Å². The van der Waals surface area contributed by atoms with E-state index in [-0.39, 0.29) is 11.8 Å². The predicted molar refractivity (Wildman–Crippen MR) is 63.9 cm³/mol. The zero-order valence-electron chi connectivity index (χ0n) is 9.58. The fourth-order valence-electron chi connectivity index (χ4n) is 1.72. The molecule has 1 amide bonds. The number of hydrogen-bond donors (Lipinski definition) is 1. The first-order chi connectivity index (χ1) is 8.31. The summed E-state index contributed by atoms with van der Waals surface area (Å²) in [4.78, 5) is 12.1. The summed E-state index contributed by atoms with van der Waals surface area (Å²) in [6.07, 6.45) is 3.66. The van der Waals surface area contributed by atoms with E-state index < -0.39 is 0 Å². The van der Waals surface area contributed by atoms with Crippen LogP contribution in [0.4, 0.5) is 0 Å². The largest absolute Gasteiger partial charge is 0.273 e. The maximum atomic E-state index is 12.1. The van der Waals surface area contributed by atoms with Gasteiger partial charge in [0.05, 0.1) is 5.92 Å². The lowest BCUT2D eigenvalue weighted by Gasteiger charge is -2.15. The summed E-state index contributed by atoms with van der Waals surface area (Å²) in [5.41, 5.74) is 3.74. The molecule has 0 aliphatic carbocycles. The van der Waals surface area contributed by atoms with Crippen LogP contribution in [-0.2, 0) is 4.79 Å². The second-order valence-corrected chi connectivity index (χ2v) is 3.72. The van der Waals surface area contributed by atoms with Crippen molar-refractivity contribution in [1.82, 2.24) is 14.9 Å². The van der Waals surface area contributed by atoms with E-state index in [1.165, 1.54) is 17.3 Å². The monoisotopic (exact) mass is 230 g/mol. The summed E-state index contributed by atoms with van der Waals surface area (Å²) < 4.78 is 1.45. The van der Waals surface area contributed by atoms with E-state index in [0.29, 0.717) is 0 Å². The lowest BCUT2D eigenvalue weighted by atomic mass is 9.96. The Hall–Kier alpha value is -2.17. The van der Waals surface area contributed by atoms with Gasteiger partial charge < -0.3 is 0 Å². The molecular weight excluding hydrogens is 216 g/mol. The molecule has 1 aromatic heterocycles. The highest BCUT2D eigenvalue weighted by atomic mass is 16.2. The third-order valence-electron chi connectivity index (χ3n) is 2.58. The molecule has 88 valence electrons. The molecule has 2 rings (SSSR count). The van der Waals surface area contributed by atoms with Gasteiger partial charge in [0.25, 0.3) is 0 Å². The van der Waals surface area contributed by atoms with Crippen molar-refractivity contribution in [3.63, 3.8) is 0 Å². The molecule has 1 unspecified atom stereocenters. The Kier molecular flexibility index (Phi) is 3.49. The van der Waals surface area contributed by atoms with Gasteiger partial charge in [0, 0.05) is 0 Å². The molecule has 0 radical (unpaired) electrons. The molecule has 1 aromatic carbocycles. The van der Waals surface area contributed by atoms with Gasteiger partial charge in [0.1, 0.15) is 12.7 Å². The SMILES string of the molecule is CCC(C(=O)Nn1cnnc1)c1ccccc1.